The Kier molecular flexibility index (Phi) is 5.86. The van der Waals surface area contributed by atoms with Crippen LogP contribution in [-0.4, -0.2) is 22.7 Å². The summed E-state index contributed by atoms with van der Waals surface area (Å²) in [6, 6.07) is 14.2. The van der Waals surface area contributed by atoms with E-state index in [0.29, 0.717) is 23.5 Å². The van der Waals surface area contributed by atoms with Crippen LogP contribution in [0, 0.1) is 0 Å². The lowest BCUT2D eigenvalue weighted by Crippen LogP contribution is -1.97. The summed E-state index contributed by atoms with van der Waals surface area (Å²) in [4.78, 5) is 12.2. The number of nitrogens with zero attached hydrogens (tertiary/aromatic N) is 3. The van der Waals surface area contributed by atoms with Crippen LogP contribution in [0.1, 0.15) is 36.5 Å². The molecule has 0 fully saturated rings. The van der Waals surface area contributed by atoms with E-state index in [1.54, 1.807) is 42.0 Å². The number of aryl methyl sites for hydroxylation is 1. The van der Waals surface area contributed by atoms with Crippen LogP contribution in [0.25, 0.3) is 10.9 Å². The Morgan fingerprint density at radius 1 is 1.15 bits per heavy atom. The molecular formula is C21H23N3O3. The van der Waals surface area contributed by atoms with Crippen LogP contribution in [0.4, 0.5) is 5.69 Å². The number of unbranched alkanes of at least 4 members (excludes halogenated alkanes) is 2. The lowest BCUT2D eigenvalue weighted by atomic mass is 10.2. The van der Waals surface area contributed by atoms with E-state index in [-0.39, 0.29) is 5.88 Å². The number of fused-ring (bicyclic) bond motifs is 1. The summed E-state index contributed by atoms with van der Waals surface area (Å²) >= 11 is 0. The van der Waals surface area contributed by atoms with Gasteiger partial charge in [-0.15, -0.1) is 10.2 Å². The summed E-state index contributed by atoms with van der Waals surface area (Å²) in [5, 5.41) is 19.3. The molecule has 0 radical (unpaired) electrons. The Labute approximate surface area is 158 Å². The van der Waals surface area contributed by atoms with Gasteiger partial charge in [0.25, 0.3) is 5.91 Å². The summed E-state index contributed by atoms with van der Waals surface area (Å²) in [5.74, 6) is 0.259. The summed E-state index contributed by atoms with van der Waals surface area (Å²) in [7, 11) is 1.60. The number of aromatic nitrogens is 1. The summed E-state index contributed by atoms with van der Waals surface area (Å²) in [6.45, 7) is 2.79. The molecule has 1 aromatic heterocycles. The number of benzene rings is 2. The van der Waals surface area contributed by atoms with Gasteiger partial charge in [0.2, 0.25) is 5.88 Å². The third kappa shape index (κ3) is 4.00. The number of hydrogen-bond donors (Lipinski definition) is 1. The van der Waals surface area contributed by atoms with E-state index in [2.05, 4.69) is 17.2 Å². The maximum atomic E-state index is 12.2. The molecule has 0 aliphatic carbocycles. The molecule has 6 heteroatoms. The molecule has 6 nitrogen and oxygen atoms in total. The van der Waals surface area contributed by atoms with Crippen molar-refractivity contribution in [2.75, 3.05) is 7.11 Å². The van der Waals surface area contributed by atoms with Gasteiger partial charge in [-0.3, -0.25) is 4.79 Å². The van der Waals surface area contributed by atoms with Gasteiger partial charge in [-0.05, 0) is 30.7 Å². The normalized spacial score (nSPS) is 11.3. The molecule has 0 aliphatic heterocycles. The topological polar surface area (TPSA) is 76.2 Å². The van der Waals surface area contributed by atoms with Crippen molar-refractivity contribution in [1.82, 2.24) is 4.57 Å². The first kappa shape index (κ1) is 18.6. The summed E-state index contributed by atoms with van der Waals surface area (Å²) in [6.07, 6.45) is 3.08. The molecule has 0 aliphatic rings. The van der Waals surface area contributed by atoms with Gasteiger partial charge in [-0.25, -0.2) is 0 Å². The Morgan fingerprint density at radius 2 is 1.93 bits per heavy atom. The first-order valence-electron chi connectivity index (χ1n) is 9.06. The Bertz CT molecular complexity index is 962. The molecule has 0 saturated heterocycles. The average molecular weight is 365 g/mol. The summed E-state index contributed by atoms with van der Waals surface area (Å²) in [5.41, 5.74) is 1.56. The SMILES string of the molecule is CCCCCn1c(O)c(N=NC(=O)c2ccccc2)c2ccc(OC)cc21. The van der Waals surface area contributed by atoms with Gasteiger partial charge < -0.3 is 14.4 Å². The predicted octanol–water partition coefficient (Wildman–Crippen LogP) is 5.47. The minimum Gasteiger partial charge on any atom is -0.497 e. The quantitative estimate of drug-likeness (QED) is 0.445. The van der Waals surface area contributed by atoms with Crippen molar-refractivity contribution < 1.29 is 14.6 Å². The van der Waals surface area contributed by atoms with Crippen LogP contribution in [-0.2, 0) is 6.54 Å². The van der Waals surface area contributed by atoms with E-state index in [9.17, 15) is 9.90 Å². The zero-order valence-electron chi connectivity index (χ0n) is 15.6. The molecule has 27 heavy (non-hydrogen) atoms. The van der Waals surface area contributed by atoms with Gasteiger partial charge in [-0.2, -0.15) is 0 Å². The Morgan fingerprint density at radius 3 is 2.63 bits per heavy atom. The Balaban J connectivity index is 2.00. The van der Waals surface area contributed by atoms with E-state index in [0.717, 1.165) is 30.2 Å². The predicted molar refractivity (Wildman–Crippen MR) is 105 cm³/mol. The number of carbonyl (C=O) groups is 1. The van der Waals surface area contributed by atoms with Crippen molar-refractivity contribution in [3.8, 4) is 11.6 Å². The maximum Gasteiger partial charge on any atom is 0.295 e. The second-order valence-electron chi connectivity index (χ2n) is 6.29. The largest absolute Gasteiger partial charge is 0.497 e. The molecule has 0 bridgehead atoms. The van der Waals surface area contributed by atoms with Gasteiger partial charge in [0.15, 0.2) is 5.69 Å². The van der Waals surface area contributed by atoms with E-state index >= 15 is 0 Å². The van der Waals surface area contributed by atoms with Crippen LogP contribution in [0.2, 0.25) is 0 Å². The zero-order valence-corrected chi connectivity index (χ0v) is 15.6. The Hall–Kier alpha value is -3.15. The van der Waals surface area contributed by atoms with Gasteiger partial charge in [-0.1, -0.05) is 38.0 Å². The molecule has 3 aromatic rings. The third-order valence-corrected chi connectivity index (χ3v) is 4.47. The zero-order chi connectivity index (χ0) is 19.2. The fourth-order valence-electron chi connectivity index (χ4n) is 3.00. The van der Waals surface area contributed by atoms with Crippen LogP contribution in [0.15, 0.2) is 58.8 Å². The average Bonchev–Trinajstić information content (AvgIpc) is 2.97. The van der Waals surface area contributed by atoms with Crippen LogP contribution < -0.4 is 4.74 Å². The first-order chi connectivity index (χ1) is 13.2. The minimum atomic E-state index is -0.449. The molecule has 0 atom stereocenters. The van der Waals surface area contributed by atoms with Crippen molar-refractivity contribution in [3.63, 3.8) is 0 Å². The lowest BCUT2D eigenvalue weighted by Gasteiger charge is -2.07. The molecule has 2 aromatic carbocycles. The molecule has 1 amide bonds. The molecule has 0 spiro atoms. The number of amides is 1. The fraction of sp³-hybridized carbons (Fsp3) is 0.286. The number of ether oxygens (including phenoxy) is 1. The molecule has 0 saturated carbocycles. The number of rotatable bonds is 7. The first-order valence-corrected chi connectivity index (χ1v) is 9.06. The van der Waals surface area contributed by atoms with E-state index in [4.69, 9.17) is 4.74 Å². The number of carbonyl (C=O) groups excluding carboxylic acids is 1. The molecule has 1 heterocycles. The number of methoxy groups -OCH3 is 1. The van der Waals surface area contributed by atoms with Crippen LogP contribution in [0.5, 0.6) is 11.6 Å². The van der Waals surface area contributed by atoms with E-state index < -0.39 is 5.91 Å². The van der Waals surface area contributed by atoms with Gasteiger partial charge in [0, 0.05) is 23.6 Å². The maximum absolute atomic E-state index is 12.2. The molecule has 0 unspecified atom stereocenters. The fourth-order valence-corrected chi connectivity index (χ4v) is 3.00. The van der Waals surface area contributed by atoms with Crippen molar-refractivity contribution in [3.05, 3.63) is 54.1 Å². The highest BCUT2D eigenvalue weighted by Crippen LogP contribution is 2.40. The highest BCUT2D eigenvalue weighted by atomic mass is 16.5. The number of aromatic hydroxyl groups is 1. The molecule has 140 valence electrons. The molecular weight excluding hydrogens is 342 g/mol. The highest BCUT2D eigenvalue weighted by molar-refractivity contribution is 5.97. The molecule has 1 N–H and O–H groups in total. The standard InChI is InChI=1S/C21H23N3O3/c1-3-4-8-13-24-18-14-16(27-2)11-12-17(18)19(21(24)26)22-23-20(25)15-9-6-5-7-10-15/h5-7,9-12,14,26H,3-4,8,13H2,1-2H3. The van der Waals surface area contributed by atoms with E-state index in [1.807, 2.05) is 18.2 Å². The minimum absolute atomic E-state index is 0.0129. The monoisotopic (exact) mass is 365 g/mol. The van der Waals surface area contributed by atoms with E-state index in [1.165, 1.54) is 0 Å². The second kappa shape index (κ2) is 8.49. The second-order valence-corrected chi connectivity index (χ2v) is 6.29. The molecule has 3 rings (SSSR count). The van der Waals surface area contributed by atoms with Crippen molar-refractivity contribution in [2.45, 2.75) is 32.7 Å². The van der Waals surface area contributed by atoms with Crippen LogP contribution >= 0.6 is 0 Å². The van der Waals surface area contributed by atoms with Gasteiger partial charge in [0.1, 0.15) is 5.75 Å². The number of hydrogen-bond acceptors (Lipinski definition) is 4. The van der Waals surface area contributed by atoms with Crippen LogP contribution in [0.3, 0.4) is 0 Å². The van der Waals surface area contributed by atoms with Crippen molar-refractivity contribution in [1.29, 1.82) is 0 Å². The lowest BCUT2D eigenvalue weighted by molar-refractivity contribution is 0.0995. The smallest absolute Gasteiger partial charge is 0.295 e. The van der Waals surface area contributed by atoms with Gasteiger partial charge >= 0.3 is 0 Å². The highest BCUT2D eigenvalue weighted by Gasteiger charge is 2.17. The third-order valence-electron chi connectivity index (χ3n) is 4.47. The number of azo groups is 1. The van der Waals surface area contributed by atoms with Gasteiger partial charge in [0.05, 0.1) is 12.6 Å². The van der Waals surface area contributed by atoms with Crippen molar-refractivity contribution in [2.24, 2.45) is 10.2 Å². The summed E-state index contributed by atoms with van der Waals surface area (Å²) < 4.78 is 7.11. The van der Waals surface area contributed by atoms with Crippen molar-refractivity contribution >= 4 is 22.5 Å².